The molecule has 6 rings (SSSR count). The molecule has 2 aliphatic heterocycles. The number of carbonyl (C=O) groups is 8. The molecule has 1 spiro atoms. The molecular weight excluding hydrogens is 770 g/mol. The summed E-state index contributed by atoms with van der Waals surface area (Å²) in [5, 5.41) is 13.4. The highest BCUT2D eigenvalue weighted by atomic mass is 16.7. The minimum atomic E-state index is -2.88. The topological polar surface area (TPSA) is 257 Å². The van der Waals surface area contributed by atoms with Gasteiger partial charge in [-0.1, -0.05) is 13.8 Å². The van der Waals surface area contributed by atoms with Crippen LogP contribution in [-0.4, -0.2) is 118 Å². The quantitative estimate of drug-likeness (QED) is 0.307. The van der Waals surface area contributed by atoms with Gasteiger partial charge in [-0.3, -0.25) is 33.8 Å². The third-order valence-electron chi connectivity index (χ3n) is 11.6. The van der Waals surface area contributed by atoms with E-state index in [0.717, 1.165) is 40.9 Å². The van der Waals surface area contributed by atoms with Gasteiger partial charge in [-0.2, -0.15) is 0 Å². The smallest absolute Gasteiger partial charge is 0.374 e. The molecule has 4 heterocycles. The minimum Gasteiger partial charge on any atom is -0.459 e. The Morgan fingerprint density at radius 1 is 0.862 bits per heavy atom. The molecule has 12 unspecified atom stereocenters. The molecule has 2 aliphatic carbocycles. The lowest BCUT2D eigenvalue weighted by Crippen LogP contribution is -2.88. The third-order valence-corrected chi connectivity index (χ3v) is 11.6. The van der Waals surface area contributed by atoms with Crippen molar-refractivity contribution in [2.24, 2.45) is 17.3 Å². The lowest BCUT2D eigenvalue weighted by molar-refractivity contribution is -0.376. The van der Waals surface area contributed by atoms with Gasteiger partial charge < -0.3 is 47.4 Å². The number of furan rings is 1. The van der Waals surface area contributed by atoms with Crippen LogP contribution in [0.25, 0.3) is 0 Å². The molecule has 19 heteroatoms. The predicted octanol–water partition coefficient (Wildman–Crippen LogP) is 1.56. The maximum Gasteiger partial charge on any atom is 0.374 e. The molecule has 0 radical (unpaired) electrons. The molecule has 0 amide bonds. The molecule has 0 aromatic carbocycles. The molecule has 4 aliphatic rings. The number of pyridine rings is 1. The van der Waals surface area contributed by atoms with Gasteiger partial charge in [0.2, 0.25) is 5.76 Å². The SMILES string of the molecule is CC(=O)OC1C2OC(=O)C(C)C(C)c3ncccc3C(=O)OCC3(C)OC4(C(OC(C)=O)C3C(=O)C(OC(C)=O)C4(COC(=O)c3ccco3)C1OC(C)=O)C2(C)O. The summed E-state index contributed by atoms with van der Waals surface area (Å²) < 4.78 is 53.1. The highest BCUT2D eigenvalue weighted by Gasteiger charge is 2.91. The molecule has 2 aromatic rings. The van der Waals surface area contributed by atoms with Crippen LogP contribution >= 0.6 is 0 Å². The van der Waals surface area contributed by atoms with Gasteiger partial charge in [-0.15, -0.1) is 0 Å². The van der Waals surface area contributed by atoms with Crippen molar-refractivity contribution in [3.05, 3.63) is 53.7 Å². The highest BCUT2D eigenvalue weighted by Crippen LogP contribution is 2.69. The molecule has 3 fully saturated rings. The van der Waals surface area contributed by atoms with Crippen LogP contribution in [-0.2, 0) is 66.7 Å². The number of rotatable bonds is 7. The first-order valence-corrected chi connectivity index (χ1v) is 18.3. The van der Waals surface area contributed by atoms with E-state index in [1.807, 2.05) is 0 Å². The number of esters is 7. The summed E-state index contributed by atoms with van der Waals surface area (Å²) in [6, 6.07) is 5.46. The normalized spacial score (nSPS) is 36.6. The molecule has 4 bridgehead atoms. The average Bonchev–Trinajstić information content (AvgIpc) is 3.76. The van der Waals surface area contributed by atoms with E-state index < -0.39 is 131 Å². The number of ketones is 1. The van der Waals surface area contributed by atoms with Gasteiger partial charge in [0.1, 0.15) is 35.9 Å². The second kappa shape index (κ2) is 14.9. The first-order valence-electron chi connectivity index (χ1n) is 18.3. The van der Waals surface area contributed by atoms with Gasteiger partial charge >= 0.3 is 41.8 Å². The van der Waals surface area contributed by atoms with Crippen LogP contribution in [0.1, 0.15) is 87.9 Å². The number of hydrogen-bond donors (Lipinski definition) is 1. The molecule has 312 valence electrons. The van der Waals surface area contributed by atoms with Gasteiger partial charge in [0.05, 0.1) is 29.4 Å². The summed E-state index contributed by atoms with van der Waals surface area (Å²) >= 11 is 0. The van der Waals surface area contributed by atoms with Crippen molar-refractivity contribution in [1.82, 2.24) is 4.98 Å². The summed E-state index contributed by atoms with van der Waals surface area (Å²) in [6.45, 7) is 7.18. The van der Waals surface area contributed by atoms with Crippen molar-refractivity contribution >= 4 is 47.6 Å². The van der Waals surface area contributed by atoms with Crippen LogP contribution in [0.2, 0.25) is 0 Å². The average molecular weight is 814 g/mol. The molecule has 19 nitrogen and oxygen atoms in total. The number of carbonyl (C=O) groups excluding carboxylic acids is 8. The number of fused-ring (bicyclic) bond motifs is 5. The van der Waals surface area contributed by atoms with E-state index in [1.54, 1.807) is 6.92 Å². The van der Waals surface area contributed by atoms with E-state index in [9.17, 15) is 38.7 Å². The first kappa shape index (κ1) is 41.9. The molecule has 58 heavy (non-hydrogen) atoms. The molecule has 1 N–H and O–H groups in total. The molecule has 2 saturated carbocycles. The molecule has 12 atom stereocenters. The van der Waals surface area contributed by atoms with E-state index in [2.05, 4.69) is 4.98 Å². The maximum atomic E-state index is 15.3. The van der Waals surface area contributed by atoms with Gasteiger partial charge in [0.25, 0.3) is 0 Å². The Labute approximate surface area is 330 Å². The van der Waals surface area contributed by atoms with Gasteiger partial charge in [-0.05, 0) is 38.1 Å². The zero-order valence-corrected chi connectivity index (χ0v) is 32.8. The van der Waals surface area contributed by atoms with E-state index in [4.69, 9.17) is 42.3 Å². The Balaban J connectivity index is 1.74. The van der Waals surface area contributed by atoms with Crippen LogP contribution in [0.15, 0.2) is 41.1 Å². The van der Waals surface area contributed by atoms with Crippen molar-refractivity contribution in [3.63, 3.8) is 0 Å². The minimum absolute atomic E-state index is 0.0609. The van der Waals surface area contributed by atoms with Crippen molar-refractivity contribution in [3.8, 4) is 0 Å². The number of ether oxygens (including phenoxy) is 8. The van der Waals surface area contributed by atoms with Crippen molar-refractivity contribution in [1.29, 1.82) is 0 Å². The Bertz CT molecular complexity index is 2040. The van der Waals surface area contributed by atoms with Gasteiger partial charge in [0, 0.05) is 39.8 Å². The number of cyclic esters (lactones) is 1. The number of Topliss-reactive ketones (excluding diaryl/α,β-unsaturated/α-hetero) is 1. The largest absolute Gasteiger partial charge is 0.459 e. The second-order valence-electron chi connectivity index (χ2n) is 15.3. The van der Waals surface area contributed by atoms with E-state index in [0.29, 0.717) is 0 Å². The monoisotopic (exact) mass is 813 g/mol. The molecular formula is C39H43NO18. The summed E-state index contributed by atoms with van der Waals surface area (Å²) in [6.07, 6.45) is -8.14. The molecule has 2 aromatic heterocycles. The summed E-state index contributed by atoms with van der Waals surface area (Å²) in [5.74, 6) is -12.8. The number of aliphatic hydroxyl groups is 1. The zero-order valence-electron chi connectivity index (χ0n) is 32.8. The third kappa shape index (κ3) is 6.39. The Morgan fingerprint density at radius 3 is 2.10 bits per heavy atom. The number of hydrogen-bond acceptors (Lipinski definition) is 19. The van der Waals surface area contributed by atoms with Crippen LogP contribution in [0, 0.1) is 17.3 Å². The lowest BCUT2D eigenvalue weighted by atomic mass is 9.45. The van der Waals surface area contributed by atoms with Crippen molar-refractivity contribution in [2.45, 2.75) is 109 Å². The first-order chi connectivity index (χ1) is 27.1. The summed E-state index contributed by atoms with van der Waals surface area (Å²) in [7, 11) is 0. The Hall–Kier alpha value is -5.69. The number of aromatic nitrogens is 1. The summed E-state index contributed by atoms with van der Waals surface area (Å²) in [5.41, 5.74) is -10.5. The van der Waals surface area contributed by atoms with Gasteiger partial charge in [0.15, 0.2) is 35.8 Å². The van der Waals surface area contributed by atoms with Crippen LogP contribution in [0.4, 0.5) is 0 Å². The lowest BCUT2D eigenvalue weighted by Gasteiger charge is -2.66. The Morgan fingerprint density at radius 2 is 1.50 bits per heavy atom. The predicted molar refractivity (Wildman–Crippen MR) is 187 cm³/mol. The van der Waals surface area contributed by atoms with Crippen LogP contribution < -0.4 is 0 Å². The van der Waals surface area contributed by atoms with Crippen molar-refractivity contribution < 1.29 is 85.8 Å². The zero-order chi connectivity index (χ0) is 42.7. The standard InChI is InChI=1S/C39H43NO18/c1-17-18(2)33(46)57-31-28(53-19(3)41)32(56-22(6)44)38(16-52-35(48)24-12-10-14-50-24)30(55-21(5)43)27(45)25-29(54-20(4)42)39(38,37(31,8)49)58-36(25,7)15-51-34(47)23-11-9-13-40-26(17)23/h9-14,17-18,25,28-32,49H,15-16H2,1-8H3. The van der Waals surface area contributed by atoms with E-state index >= 15 is 4.79 Å². The summed E-state index contributed by atoms with van der Waals surface area (Å²) in [4.78, 5) is 114. The van der Waals surface area contributed by atoms with Gasteiger partial charge in [-0.25, -0.2) is 9.59 Å². The number of nitrogens with zero attached hydrogens (tertiary/aromatic N) is 1. The molecule has 1 saturated heterocycles. The van der Waals surface area contributed by atoms with Crippen LogP contribution in [0.5, 0.6) is 0 Å². The van der Waals surface area contributed by atoms with E-state index in [-0.39, 0.29) is 17.0 Å². The van der Waals surface area contributed by atoms with Crippen LogP contribution in [0.3, 0.4) is 0 Å². The highest BCUT2D eigenvalue weighted by molar-refractivity contribution is 5.94. The fourth-order valence-electron chi connectivity index (χ4n) is 9.13. The Kier molecular flexibility index (Phi) is 10.8. The fourth-order valence-corrected chi connectivity index (χ4v) is 9.13. The van der Waals surface area contributed by atoms with Crippen molar-refractivity contribution in [2.75, 3.05) is 13.2 Å². The second-order valence-corrected chi connectivity index (χ2v) is 15.3. The fraction of sp³-hybridized carbons (Fsp3) is 0.564. The maximum absolute atomic E-state index is 15.3. The van der Waals surface area contributed by atoms with E-state index in [1.165, 1.54) is 44.3 Å².